The first-order valence-electron chi connectivity index (χ1n) is 6.96. The van der Waals surface area contributed by atoms with E-state index in [4.69, 9.17) is 4.42 Å². The van der Waals surface area contributed by atoms with Gasteiger partial charge in [0.15, 0.2) is 10.8 Å². The van der Waals surface area contributed by atoms with E-state index in [9.17, 15) is 9.90 Å². The summed E-state index contributed by atoms with van der Waals surface area (Å²) in [5.41, 5.74) is 0.0215. The zero-order chi connectivity index (χ0) is 15.0. The summed E-state index contributed by atoms with van der Waals surface area (Å²) in [5.74, 6) is 0.889. The fourth-order valence-electron chi connectivity index (χ4n) is 2.32. The molecule has 0 aliphatic carbocycles. The molecule has 6 heteroatoms. The number of thiazole rings is 1. The monoisotopic (exact) mass is 306 g/mol. The number of furan rings is 1. The first-order chi connectivity index (χ1) is 9.98. The van der Waals surface area contributed by atoms with Crippen LogP contribution in [0.3, 0.4) is 0 Å². The van der Waals surface area contributed by atoms with Crippen LogP contribution in [0.2, 0.25) is 0 Å². The van der Waals surface area contributed by atoms with E-state index < -0.39 is 5.60 Å². The van der Waals surface area contributed by atoms with Crippen molar-refractivity contribution in [2.45, 2.75) is 25.9 Å². The highest BCUT2D eigenvalue weighted by Gasteiger charge is 2.45. The van der Waals surface area contributed by atoms with Gasteiger partial charge in [-0.15, -0.1) is 11.3 Å². The minimum atomic E-state index is -0.725. The largest absolute Gasteiger partial charge is 0.462 e. The van der Waals surface area contributed by atoms with Crippen molar-refractivity contribution in [3.8, 4) is 10.8 Å². The van der Waals surface area contributed by atoms with Crippen molar-refractivity contribution in [1.82, 2.24) is 9.88 Å². The molecule has 0 bridgehead atoms. The molecule has 3 rings (SSSR count). The Balaban J connectivity index is 1.59. The first-order valence-corrected chi connectivity index (χ1v) is 7.84. The zero-order valence-electron chi connectivity index (χ0n) is 12.1. The molecule has 0 unspecified atom stereocenters. The second kappa shape index (κ2) is 5.27. The van der Waals surface area contributed by atoms with Gasteiger partial charge < -0.3 is 14.4 Å². The van der Waals surface area contributed by atoms with E-state index in [1.165, 1.54) is 11.3 Å². The molecular formula is C15H18N2O3S. The smallest absolute Gasteiger partial charge is 0.228 e. The molecule has 0 atom stereocenters. The summed E-state index contributed by atoms with van der Waals surface area (Å²) < 4.78 is 5.29. The Bertz CT molecular complexity index is 627. The molecule has 0 aromatic carbocycles. The van der Waals surface area contributed by atoms with Crippen molar-refractivity contribution in [2.24, 2.45) is 5.92 Å². The fourth-order valence-corrected chi connectivity index (χ4v) is 3.11. The molecule has 0 spiro atoms. The van der Waals surface area contributed by atoms with Gasteiger partial charge in [0.05, 0.1) is 31.5 Å². The van der Waals surface area contributed by atoms with Crippen LogP contribution in [0.4, 0.5) is 0 Å². The van der Waals surface area contributed by atoms with Gasteiger partial charge in [0.2, 0.25) is 5.91 Å². The molecular weight excluding hydrogens is 288 g/mol. The normalized spacial score (nSPS) is 17.0. The lowest BCUT2D eigenvalue weighted by atomic mass is 9.83. The van der Waals surface area contributed by atoms with Crippen molar-refractivity contribution in [3.63, 3.8) is 0 Å². The molecule has 1 aliphatic heterocycles. The van der Waals surface area contributed by atoms with Crippen LogP contribution in [0.25, 0.3) is 10.8 Å². The van der Waals surface area contributed by atoms with Crippen molar-refractivity contribution in [3.05, 3.63) is 29.5 Å². The van der Waals surface area contributed by atoms with E-state index in [0.29, 0.717) is 13.1 Å². The van der Waals surface area contributed by atoms with E-state index in [-0.39, 0.29) is 18.2 Å². The Morgan fingerprint density at radius 3 is 2.95 bits per heavy atom. The predicted molar refractivity (Wildman–Crippen MR) is 79.9 cm³/mol. The van der Waals surface area contributed by atoms with E-state index in [1.54, 1.807) is 11.2 Å². The number of hydrogen-bond donors (Lipinski definition) is 1. The minimum Gasteiger partial charge on any atom is -0.462 e. The number of carbonyl (C=O) groups is 1. The number of amides is 1. The molecule has 1 amide bonds. The number of β-amino-alcohol motifs (C(OH)–C–C–N with tert-alkyl or cyclic N) is 1. The predicted octanol–water partition coefficient (Wildman–Crippen LogP) is 2.17. The Hall–Kier alpha value is -1.66. The first kappa shape index (κ1) is 14.3. The van der Waals surface area contributed by atoms with Gasteiger partial charge in [-0.2, -0.15) is 0 Å². The Morgan fingerprint density at radius 2 is 2.33 bits per heavy atom. The van der Waals surface area contributed by atoms with Gasteiger partial charge in [-0.25, -0.2) is 4.98 Å². The fraction of sp³-hybridized carbons (Fsp3) is 0.467. The third-order valence-electron chi connectivity index (χ3n) is 3.97. The standard InChI is InChI=1S/C15H18N2O3S/c1-10(2)15(19)8-17(9-15)13(18)6-11-7-21-14(16-11)12-4-3-5-20-12/h3-5,7,10,19H,6,8-9H2,1-2H3. The van der Waals surface area contributed by atoms with Crippen molar-refractivity contribution in [1.29, 1.82) is 0 Å². The molecule has 5 nitrogen and oxygen atoms in total. The second-order valence-corrected chi connectivity index (χ2v) is 6.66. The van der Waals surface area contributed by atoms with Gasteiger partial charge in [0.1, 0.15) is 5.60 Å². The molecule has 2 aromatic rings. The quantitative estimate of drug-likeness (QED) is 0.940. The van der Waals surface area contributed by atoms with Gasteiger partial charge in [-0.3, -0.25) is 4.79 Å². The second-order valence-electron chi connectivity index (χ2n) is 5.81. The molecule has 1 saturated heterocycles. The third kappa shape index (κ3) is 2.73. The number of nitrogens with zero attached hydrogens (tertiary/aromatic N) is 2. The summed E-state index contributed by atoms with van der Waals surface area (Å²) in [6.45, 7) is 4.77. The summed E-state index contributed by atoms with van der Waals surface area (Å²) in [7, 11) is 0. The SMILES string of the molecule is CC(C)C1(O)CN(C(=O)Cc2csc(-c3ccco3)n2)C1. The molecule has 1 aliphatic rings. The van der Waals surface area contributed by atoms with Crippen LogP contribution in [-0.2, 0) is 11.2 Å². The topological polar surface area (TPSA) is 66.6 Å². The Labute approximate surface area is 127 Å². The maximum atomic E-state index is 12.2. The Morgan fingerprint density at radius 1 is 1.57 bits per heavy atom. The van der Waals surface area contributed by atoms with Gasteiger partial charge in [-0.05, 0) is 18.1 Å². The van der Waals surface area contributed by atoms with E-state index in [1.807, 2.05) is 31.4 Å². The Kier molecular flexibility index (Phi) is 3.59. The van der Waals surface area contributed by atoms with Crippen LogP contribution in [-0.4, -0.2) is 39.6 Å². The maximum absolute atomic E-state index is 12.2. The lowest BCUT2D eigenvalue weighted by Gasteiger charge is -2.49. The van der Waals surface area contributed by atoms with Crippen molar-refractivity contribution >= 4 is 17.2 Å². The van der Waals surface area contributed by atoms with E-state index in [2.05, 4.69) is 4.98 Å². The zero-order valence-corrected chi connectivity index (χ0v) is 12.9. The van der Waals surface area contributed by atoms with Gasteiger partial charge >= 0.3 is 0 Å². The van der Waals surface area contributed by atoms with Gasteiger partial charge in [0.25, 0.3) is 0 Å². The molecule has 2 aromatic heterocycles. The van der Waals surface area contributed by atoms with Crippen LogP contribution >= 0.6 is 11.3 Å². The average Bonchev–Trinajstić information content (AvgIpc) is 3.04. The average molecular weight is 306 g/mol. The number of carbonyl (C=O) groups excluding carboxylic acids is 1. The summed E-state index contributed by atoms with van der Waals surface area (Å²) in [4.78, 5) is 18.3. The summed E-state index contributed by atoms with van der Waals surface area (Å²) in [5, 5.41) is 12.8. The van der Waals surface area contributed by atoms with E-state index >= 15 is 0 Å². The summed E-state index contributed by atoms with van der Waals surface area (Å²) in [6.07, 6.45) is 1.87. The number of aromatic nitrogens is 1. The molecule has 3 heterocycles. The highest BCUT2D eigenvalue weighted by atomic mass is 32.1. The molecule has 21 heavy (non-hydrogen) atoms. The van der Waals surface area contributed by atoms with E-state index in [0.717, 1.165) is 16.5 Å². The number of aliphatic hydroxyl groups is 1. The highest BCUT2D eigenvalue weighted by Crippen LogP contribution is 2.29. The molecule has 0 radical (unpaired) electrons. The van der Waals surface area contributed by atoms with Crippen LogP contribution < -0.4 is 0 Å². The van der Waals surface area contributed by atoms with Crippen molar-refractivity contribution < 1.29 is 14.3 Å². The lowest BCUT2D eigenvalue weighted by Crippen LogP contribution is -2.66. The number of rotatable bonds is 4. The van der Waals surface area contributed by atoms with Crippen molar-refractivity contribution in [2.75, 3.05) is 13.1 Å². The molecule has 1 fully saturated rings. The molecule has 1 N–H and O–H groups in total. The van der Waals surface area contributed by atoms with Crippen LogP contribution in [0.1, 0.15) is 19.5 Å². The maximum Gasteiger partial charge on any atom is 0.228 e. The van der Waals surface area contributed by atoms with Crippen LogP contribution in [0.5, 0.6) is 0 Å². The highest BCUT2D eigenvalue weighted by molar-refractivity contribution is 7.13. The summed E-state index contributed by atoms with van der Waals surface area (Å²) >= 11 is 1.47. The van der Waals surface area contributed by atoms with Crippen LogP contribution in [0, 0.1) is 5.92 Å². The third-order valence-corrected chi connectivity index (χ3v) is 4.88. The van der Waals surface area contributed by atoms with Gasteiger partial charge in [-0.1, -0.05) is 13.8 Å². The summed E-state index contributed by atoms with van der Waals surface area (Å²) in [6, 6.07) is 3.66. The van der Waals surface area contributed by atoms with Gasteiger partial charge in [0, 0.05) is 5.38 Å². The lowest BCUT2D eigenvalue weighted by molar-refractivity contribution is -0.163. The molecule has 112 valence electrons. The minimum absolute atomic E-state index is 0.0108. The number of hydrogen-bond acceptors (Lipinski definition) is 5. The number of likely N-dealkylation sites (tertiary alicyclic amines) is 1. The molecule has 0 saturated carbocycles. The van der Waals surface area contributed by atoms with Crippen LogP contribution in [0.15, 0.2) is 28.2 Å².